The molecule has 80 valence electrons. The van der Waals surface area contributed by atoms with Gasteiger partial charge >= 0.3 is 11.7 Å². The SMILES string of the molecule is COC(=O)c1ccc(Cl)c(Cl)c1[N+](=O)[O-]. The maximum atomic E-state index is 11.2. The Balaban J connectivity index is 3.46. The second-order valence-corrected chi connectivity index (χ2v) is 3.29. The van der Waals surface area contributed by atoms with Gasteiger partial charge in [0, 0.05) is 0 Å². The fourth-order valence-electron chi connectivity index (χ4n) is 0.993. The molecule has 0 aliphatic carbocycles. The van der Waals surface area contributed by atoms with Gasteiger partial charge in [0.05, 0.1) is 17.1 Å². The summed E-state index contributed by atoms with van der Waals surface area (Å²) in [6, 6.07) is 2.49. The molecule has 1 aromatic carbocycles. The van der Waals surface area contributed by atoms with E-state index in [1.807, 2.05) is 0 Å². The van der Waals surface area contributed by atoms with Crippen LogP contribution in [-0.4, -0.2) is 18.0 Å². The molecule has 0 saturated carbocycles. The van der Waals surface area contributed by atoms with E-state index >= 15 is 0 Å². The van der Waals surface area contributed by atoms with Gasteiger partial charge < -0.3 is 4.74 Å². The molecule has 0 unspecified atom stereocenters. The molecule has 1 rings (SSSR count). The van der Waals surface area contributed by atoms with Gasteiger partial charge in [-0.1, -0.05) is 23.2 Å². The third-order valence-corrected chi connectivity index (χ3v) is 2.45. The largest absolute Gasteiger partial charge is 0.465 e. The molecular formula is C8H5Cl2NO4. The highest BCUT2D eigenvalue weighted by Crippen LogP contribution is 2.34. The number of nitro benzene ring substituents is 1. The van der Waals surface area contributed by atoms with Crippen molar-refractivity contribution in [3.63, 3.8) is 0 Å². The molecule has 0 aliphatic rings. The number of esters is 1. The molecule has 0 radical (unpaired) electrons. The molecule has 0 fully saturated rings. The number of carbonyl (C=O) groups excluding carboxylic acids is 1. The molecule has 7 heteroatoms. The molecule has 0 saturated heterocycles. The highest BCUT2D eigenvalue weighted by atomic mass is 35.5. The van der Waals surface area contributed by atoms with E-state index in [4.69, 9.17) is 23.2 Å². The van der Waals surface area contributed by atoms with E-state index in [1.165, 1.54) is 12.1 Å². The number of hydrogen-bond acceptors (Lipinski definition) is 4. The summed E-state index contributed by atoms with van der Waals surface area (Å²) < 4.78 is 4.38. The van der Waals surface area contributed by atoms with Gasteiger partial charge in [-0.2, -0.15) is 0 Å². The summed E-state index contributed by atoms with van der Waals surface area (Å²) >= 11 is 11.2. The van der Waals surface area contributed by atoms with Crippen LogP contribution in [0.4, 0.5) is 5.69 Å². The fourth-order valence-corrected chi connectivity index (χ4v) is 1.38. The first-order chi connectivity index (χ1) is 6.99. The van der Waals surface area contributed by atoms with Crippen LogP contribution in [-0.2, 0) is 4.74 Å². The van der Waals surface area contributed by atoms with Crippen molar-refractivity contribution in [3.05, 3.63) is 37.9 Å². The fraction of sp³-hybridized carbons (Fsp3) is 0.125. The average molecular weight is 250 g/mol. The Morgan fingerprint density at radius 3 is 2.53 bits per heavy atom. The average Bonchev–Trinajstić information content (AvgIpc) is 2.20. The second kappa shape index (κ2) is 4.46. The van der Waals surface area contributed by atoms with Gasteiger partial charge in [-0.3, -0.25) is 10.1 Å². The van der Waals surface area contributed by atoms with E-state index in [-0.39, 0.29) is 15.6 Å². The van der Waals surface area contributed by atoms with Crippen molar-refractivity contribution >= 4 is 34.9 Å². The number of benzene rings is 1. The molecule has 0 spiro atoms. The molecule has 0 aromatic heterocycles. The van der Waals surface area contributed by atoms with E-state index < -0.39 is 16.6 Å². The van der Waals surface area contributed by atoms with E-state index in [2.05, 4.69) is 4.74 Å². The van der Waals surface area contributed by atoms with Gasteiger partial charge in [0.2, 0.25) is 0 Å². The third-order valence-electron chi connectivity index (χ3n) is 1.66. The van der Waals surface area contributed by atoms with Gasteiger partial charge in [0.1, 0.15) is 10.6 Å². The molecule has 0 aliphatic heterocycles. The standard InChI is InChI=1S/C8H5Cl2NO4/c1-15-8(12)4-2-3-5(9)6(10)7(4)11(13)14/h2-3H,1H3. The van der Waals surface area contributed by atoms with Crippen molar-refractivity contribution in [2.45, 2.75) is 0 Å². The lowest BCUT2D eigenvalue weighted by atomic mass is 10.2. The molecule has 15 heavy (non-hydrogen) atoms. The van der Waals surface area contributed by atoms with Crippen LogP contribution in [0, 0.1) is 10.1 Å². The number of methoxy groups -OCH3 is 1. The van der Waals surface area contributed by atoms with E-state index in [0.29, 0.717) is 0 Å². The lowest BCUT2D eigenvalue weighted by molar-refractivity contribution is -0.385. The predicted molar refractivity (Wildman–Crippen MR) is 54.5 cm³/mol. The van der Waals surface area contributed by atoms with Gasteiger partial charge in [0.25, 0.3) is 0 Å². The number of halogens is 2. The van der Waals surface area contributed by atoms with E-state index in [9.17, 15) is 14.9 Å². The Kier molecular flexibility index (Phi) is 3.49. The van der Waals surface area contributed by atoms with Crippen molar-refractivity contribution in [1.29, 1.82) is 0 Å². The maximum Gasteiger partial charge on any atom is 0.344 e. The summed E-state index contributed by atoms with van der Waals surface area (Å²) in [6.07, 6.45) is 0. The summed E-state index contributed by atoms with van der Waals surface area (Å²) in [5.74, 6) is -0.833. The molecule has 0 atom stereocenters. The quantitative estimate of drug-likeness (QED) is 0.459. The first-order valence-electron chi connectivity index (χ1n) is 3.69. The zero-order valence-corrected chi connectivity index (χ0v) is 9.00. The highest BCUT2D eigenvalue weighted by Gasteiger charge is 2.26. The first-order valence-corrected chi connectivity index (χ1v) is 4.45. The van der Waals surface area contributed by atoms with Gasteiger partial charge in [-0.05, 0) is 12.1 Å². The Hall–Kier alpha value is -1.33. The Bertz CT molecular complexity index is 433. The molecule has 0 N–H and O–H groups in total. The minimum absolute atomic E-state index is 0.0102. The van der Waals surface area contributed by atoms with Crippen LogP contribution >= 0.6 is 23.2 Å². The minimum Gasteiger partial charge on any atom is -0.465 e. The normalized spacial score (nSPS) is 9.80. The lowest BCUT2D eigenvalue weighted by Crippen LogP contribution is -2.06. The summed E-state index contributed by atoms with van der Waals surface area (Å²) in [5.41, 5.74) is -0.770. The van der Waals surface area contributed by atoms with Gasteiger partial charge in [-0.15, -0.1) is 0 Å². The molecule has 0 bridgehead atoms. The van der Waals surface area contributed by atoms with Crippen LogP contribution < -0.4 is 0 Å². The first kappa shape index (κ1) is 11.7. The van der Waals surface area contributed by atoms with Crippen LogP contribution in [0.1, 0.15) is 10.4 Å². The van der Waals surface area contributed by atoms with Crippen LogP contribution in [0.2, 0.25) is 10.0 Å². The molecule has 0 heterocycles. The summed E-state index contributed by atoms with van der Waals surface area (Å²) in [6.45, 7) is 0. The maximum absolute atomic E-state index is 11.2. The monoisotopic (exact) mass is 249 g/mol. The number of carbonyl (C=O) groups is 1. The van der Waals surface area contributed by atoms with Crippen molar-refractivity contribution in [2.24, 2.45) is 0 Å². The van der Waals surface area contributed by atoms with Gasteiger partial charge in [0.15, 0.2) is 0 Å². The molecule has 5 nitrogen and oxygen atoms in total. The van der Waals surface area contributed by atoms with Gasteiger partial charge in [-0.25, -0.2) is 4.79 Å². The minimum atomic E-state index is -0.833. The molecular weight excluding hydrogens is 245 g/mol. The number of ether oxygens (including phenoxy) is 1. The number of hydrogen-bond donors (Lipinski definition) is 0. The van der Waals surface area contributed by atoms with Crippen LogP contribution in [0.25, 0.3) is 0 Å². The zero-order chi connectivity index (χ0) is 11.6. The molecule has 0 amide bonds. The van der Waals surface area contributed by atoms with E-state index in [0.717, 1.165) is 7.11 Å². The lowest BCUT2D eigenvalue weighted by Gasteiger charge is -2.03. The highest BCUT2D eigenvalue weighted by molar-refractivity contribution is 6.43. The van der Waals surface area contributed by atoms with Crippen LogP contribution in [0.15, 0.2) is 12.1 Å². The number of rotatable bonds is 2. The van der Waals surface area contributed by atoms with Crippen molar-refractivity contribution < 1.29 is 14.5 Å². The summed E-state index contributed by atoms with van der Waals surface area (Å²) in [7, 11) is 1.12. The van der Waals surface area contributed by atoms with E-state index in [1.54, 1.807) is 0 Å². The predicted octanol–water partition coefficient (Wildman–Crippen LogP) is 2.69. The number of nitro groups is 1. The summed E-state index contributed by atoms with van der Waals surface area (Å²) in [4.78, 5) is 21.1. The second-order valence-electron chi connectivity index (χ2n) is 2.51. The van der Waals surface area contributed by atoms with Crippen LogP contribution in [0.3, 0.4) is 0 Å². The third kappa shape index (κ3) is 2.19. The Morgan fingerprint density at radius 1 is 1.47 bits per heavy atom. The summed E-state index contributed by atoms with van der Waals surface area (Å²) in [5, 5.41) is 10.4. The smallest absolute Gasteiger partial charge is 0.344 e. The van der Waals surface area contributed by atoms with Crippen molar-refractivity contribution in [1.82, 2.24) is 0 Å². The zero-order valence-electron chi connectivity index (χ0n) is 7.49. The topological polar surface area (TPSA) is 69.4 Å². The van der Waals surface area contributed by atoms with Crippen LogP contribution in [0.5, 0.6) is 0 Å². The molecule has 1 aromatic rings. The van der Waals surface area contributed by atoms with Crippen molar-refractivity contribution in [3.8, 4) is 0 Å². The van der Waals surface area contributed by atoms with Crippen molar-refractivity contribution in [2.75, 3.05) is 7.11 Å². The number of nitrogens with zero attached hydrogens (tertiary/aromatic N) is 1. The Labute approximate surface area is 94.7 Å². The Morgan fingerprint density at radius 2 is 2.07 bits per heavy atom.